The minimum absolute atomic E-state index is 0.128. The fourth-order valence-electron chi connectivity index (χ4n) is 2.66. The first-order valence-electron chi connectivity index (χ1n) is 8.08. The van der Waals surface area contributed by atoms with Crippen LogP contribution in [-0.2, 0) is 4.74 Å². The molecule has 0 aromatic heterocycles. The number of nitrogens with one attached hydrogen (secondary N) is 1. The van der Waals surface area contributed by atoms with Gasteiger partial charge in [0.2, 0.25) is 0 Å². The smallest absolute Gasteiger partial charge is 0.146 e. The Labute approximate surface area is 127 Å². The number of hydrogen-bond donors (Lipinski definition) is 1. The maximum atomic E-state index is 14.3. The Morgan fingerprint density at radius 3 is 2.71 bits per heavy atom. The highest BCUT2D eigenvalue weighted by molar-refractivity contribution is 5.49. The molecule has 3 nitrogen and oxygen atoms in total. The summed E-state index contributed by atoms with van der Waals surface area (Å²) in [6.07, 6.45) is 3.64. The first kappa shape index (κ1) is 16.2. The van der Waals surface area contributed by atoms with Crippen molar-refractivity contribution in [3.63, 3.8) is 0 Å². The van der Waals surface area contributed by atoms with E-state index in [4.69, 9.17) is 4.74 Å². The van der Waals surface area contributed by atoms with E-state index in [1.54, 1.807) is 6.07 Å². The molecule has 21 heavy (non-hydrogen) atoms. The summed E-state index contributed by atoms with van der Waals surface area (Å²) >= 11 is 0. The molecule has 0 radical (unpaired) electrons. The number of ether oxygens (including phenoxy) is 1. The predicted octanol–water partition coefficient (Wildman–Crippen LogP) is 3.50. The zero-order valence-corrected chi connectivity index (χ0v) is 13.2. The standard InChI is InChI=1S/C17H27FN2O/c1-3-4-5-8-19-14(2)15-6-7-17(16(18)13-15)20-9-11-21-12-10-20/h6-7,13-14,19H,3-5,8-12H2,1-2H3/t14-/m1/s1. The topological polar surface area (TPSA) is 24.5 Å². The van der Waals surface area contributed by atoms with Gasteiger partial charge in [0, 0.05) is 19.1 Å². The lowest BCUT2D eigenvalue weighted by Gasteiger charge is -2.29. The van der Waals surface area contributed by atoms with E-state index >= 15 is 0 Å². The van der Waals surface area contributed by atoms with E-state index in [9.17, 15) is 4.39 Å². The van der Waals surface area contributed by atoms with Crippen molar-refractivity contribution in [3.8, 4) is 0 Å². The van der Waals surface area contributed by atoms with Gasteiger partial charge in [-0.15, -0.1) is 0 Å². The highest BCUT2D eigenvalue weighted by atomic mass is 19.1. The van der Waals surface area contributed by atoms with Gasteiger partial charge in [0.15, 0.2) is 0 Å². The number of morpholine rings is 1. The zero-order valence-electron chi connectivity index (χ0n) is 13.2. The van der Waals surface area contributed by atoms with Crippen molar-refractivity contribution < 1.29 is 9.13 Å². The maximum Gasteiger partial charge on any atom is 0.146 e. The van der Waals surface area contributed by atoms with Crippen LogP contribution in [0.15, 0.2) is 18.2 Å². The lowest BCUT2D eigenvalue weighted by Crippen LogP contribution is -2.36. The molecular weight excluding hydrogens is 267 g/mol. The molecule has 1 aliphatic rings. The van der Waals surface area contributed by atoms with Crippen molar-refractivity contribution in [2.45, 2.75) is 39.2 Å². The van der Waals surface area contributed by atoms with E-state index in [2.05, 4.69) is 24.1 Å². The number of hydrogen-bond acceptors (Lipinski definition) is 3. The molecule has 1 aromatic rings. The van der Waals surface area contributed by atoms with E-state index in [0.717, 1.165) is 25.2 Å². The Hall–Kier alpha value is -1.13. The van der Waals surface area contributed by atoms with Gasteiger partial charge in [0.25, 0.3) is 0 Å². The summed E-state index contributed by atoms with van der Waals surface area (Å²) in [6.45, 7) is 8.16. The molecule has 1 fully saturated rings. The highest BCUT2D eigenvalue weighted by Crippen LogP contribution is 2.24. The molecule has 1 aliphatic heterocycles. The summed E-state index contributed by atoms with van der Waals surface area (Å²) in [7, 11) is 0. The molecule has 0 spiro atoms. The fraction of sp³-hybridized carbons (Fsp3) is 0.647. The van der Waals surface area contributed by atoms with Crippen LogP contribution in [0.3, 0.4) is 0 Å². The van der Waals surface area contributed by atoms with Crippen LogP contribution in [0.25, 0.3) is 0 Å². The molecule has 0 saturated carbocycles. The Bertz CT molecular complexity index is 433. The minimum Gasteiger partial charge on any atom is -0.378 e. The predicted molar refractivity (Wildman–Crippen MR) is 85.4 cm³/mol. The third-order valence-corrected chi connectivity index (χ3v) is 4.05. The molecule has 0 unspecified atom stereocenters. The van der Waals surface area contributed by atoms with E-state index < -0.39 is 0 Å². The first-order chi connectivity index (χ1) is 10.2. The van der Waals surface area contributed by atoms with Crippen LogP contribution < -0.4 is 10.2 Å². The van der Waals surface area contributed by atoms with E-state index in [1.807, 2.05) is 12.1 Å². The average Bonchev–Trinajstić information content (AvgIpc) is 2.52. The van der Waals surface area contributed by atoms with Crippen LogP contribution in [0.1, 0.15) is 44.7 Å². The lowest BCUT2D eigenvalue weighted by atomic mass is 10.1. The molecule has 118 valence electrons. The number of unbranched alkanes of at least 4 members (excludes halogenated alkanes) is 2. The van der Waals surface area contributed by atoms with Crippen molar-refractivity contribution in [1.82, 2.24) is 5.32 Å². The van der Waals surface area contributed by atoms with Crippen LogP contribution in [0.5, 0.6) is 0 Å². The van der Waals surface area contributed by atoms with Gasteiger partial charge in [-0.2, -0.15) is 0 Å². The summed E-state index contributed by atoms with van der Waals surface area (Å²) in [5.41, 5.74) is 1.71. The Morgan fingerprint density at radius 2 is 2.05 bits per heavy atom. The van der Waals surface area contributed by atoms with Crippen molar-refractivity contribution in [1.29, 1.82) is 0 Å². The van der Waals surface area contributed by atoms with Crippen molar-refractivity contribution in [2.24, 2.45) is 0 Å². The van der Waals surface area contributed by atoms with Crippen LogP contribution in [0, 0.1) is 5.82 Å². The second-order valence-corrected chi connectivity index (χ2v) is 5.69. The second kappa shape index (κ2) is 8.35. The van der Waals surface area contributed by atoms with E-state index in [0.29, 0.717) is 18.9 Å². The maximum absolute atomic E-state index is 14.3. The summed E-state index contributed by atoms with van der Waals surface area (Å²) in [5.74, 6) is -0.128. The summed E-state index contributed by atoms with van der Waals surface area (Å²) in [6, 6.07) is 5.79. The van der Waals surface area contributed by atoms with Gasteiger partial charge in [0.1, 0.15) is 5.82 Å². The molecule has 4 heteroatoms. The van der Waals surface area contributed by atoms with Crippen LogP contribution in [0.2, 0.25) is 0 Å². The summed E-state index contributed by atoms with van der Waals surface area (Å²) < 4.78 is 19.6. The number of rotatable bonds is 7. The molecule has 1 atom stereocenters. The third kappa shape index (κ3) is 4.68. The average molecular weight is 294 g/mol. The SMILES string of the molecule is CCCCCN[C@H](C)c1ccc(N2CCOCC2)c(F)c1. The normalized spacial score (nSPS) is 17.0. The van der Waals surface area contributed by atoms with Gasteiger partial charge >= 0.3 is 0 Å². The van der Waals surface area contributed by atoms with Gasteiger partial charge < -0.3 is 15.0 Å². The van der Waals surface area contributed by atoms with Crippen LogP contribution in [0.4, 0.5) is 10.1 Å². The highest BCUT2D eigenvalue weighted by Gasteiger charge is 2.16. The number of nitrogens with zero attached hydrogens (tertiary/aromatic N) is 1. The lowest BCUT2D eigenvalue weighted by molar-refractivity contribution is 0.122. The molecule has 0 amide bonds. The zero-order chi connectivity index (χ0) is 15.1. The minimum atomic E-state index is -0.128. The molecular formula is C17H27FN2O. The van der Waals surface area contributed by atoms with Crippen molar-refractivity contribution in [2.75, 3.05) is 37.7 Å². The summed E-state index contributed by atoms with van der Waals surface area (Å²) in [5, 5.41) is 3.46. The monoisotopic (exact) mass is 294 g/mol. The third-order valence-electron chi connectivity index (χ3n) is 4.05. The number of benzene rings is 1. The largest absolute Gasteiger partial charge is 0.378 e. The molecule has 1 aromatic carbocycles. The Kier molecular flexibility index (Phi) is 6.46. The summed E-state index contributed by atoms with van der Waals surface area (Å²) in [4.78, 5) is 2.06. The van der Waals surface area contributed by atoms with Gasteiger partial charge in [-0.05, 0) is 37.6 Å². The number of anilines is 1. The quantitative estimate of drug-likeness (QED) is 0.779. The molecule has 1 N–H and O–H groups in total. The second-order valence-electron chi connectivity index (χ2n) is 5.69. The van der Waals surface area contributed by atoms with E-state index in [1.165, 1.54) is 19.3 Å². The molecule has 1 saturated heterocycles. The van der Waals surface area contributed by atoms with Crippen LogP contribution in [-0.4, -0.2) is 32.8 Å². The van der Waals surface area contributed by atoms with Gasteiger partial charge in [-0.25, -0.2) is 4.39 Å². The van der Waals surface area contributed by atoms with Crippen molar-refractivity contribution in [3.05, 3.63) is 29.6 Å². The Balaban J connectivity index is 1.94. The molecule has 2 rings (SSSR count). The van der Waals surface area contributed by atoms with Crippen LogP contribution >= 0.6 is 0 Å². The molecule has 0 aliphatic carbocycles. The molecule has 0 bridgehead atoms. The Morgan fingerprint density at radius 1 is 1.29 bits per heavy atom. The van der Waals surface area contributed by atoms with Crippen molar-refractivity contribution >= 4 is 5.69 Å². The van der Waals surface area contributed by atoms with Gasteiger partial charge in [0.05, 0.1) is 18.9 Å². The fourth-order valence-corrected chi connectivity index (χ4v) is 2.66. The number of halogens is 1. The van der Waals surface area contributed by atoms with E-state index in [-0.39, 0.29) is 11.9 Å². The first-order valence-corrected chi connectivity index (χ1v) is 8.08. The molecule has 1 heterocycles. The van der Waals surface area contributed by atoms with Gasteiger partial charge in [-0.1, -0.05) is 25.8 Å². The van der Waals surface area contributed by atoms with Gasteiger partial charge in [-0.3, -0.25) is 0 Å².